The number of nitrogens with zero attached hydrogens (tertiary/aromatic N) is 1. The van der Waals surface area contributed by atoms with Crippen molar-refractivity contribution < 1.29 is 13.2 Å². The maximum absolute atomic E-state index is 12.3. The van der Waals surface area contributed by atoms with E-state index >= 15 is 0 Å². The molecular weight excluding hydrogens is 265 g/mol. The normalized spacial score (nSPS) is 20.5. The van der Waals surface area contributed by atoms with Gasteiger partial charge in [-0.15, -0.1) is 0 Å². The lowest BCUT2D eigenvalue weighted by molar-refractivity contribution is -0.143. The van der Waals surface area contributed by atoms with Crippen molar-refractivity contribution in [2.24, 2.45) is 5.92 Å². The summed E-state index contributed by atoms with van der Waals surface area (Å²) in [5.74, 6) is 0.321. The fraction of sp³-hybridized carbons (Fsp3) is 0.600. The highest BCUT2D eigenvalue weighted by atomic mass is 19.4. The summed E-state index contributed by atoms with van der Waals surface area (Å²) in [6.07, 6.45) is -3.24. The molecule has 20 heavy (non-hydrogen) atoms. The fourth-order valence-electron chi connectivity index (χ4n) is 2.72. The van der Waals surface area contributed by atoms with Crippen LogP contribution in [-0.4, -0.2) is 37.3 Å². The molecule has 1 unspecified atom stereocenters. The van der Waals surface area contributed by atoms with Crippen LogP contribution in [0.25, 0.3) is 0 Å². The first-order chi connectivity index (χ1) is 9.42. The third-order valence-electron chi connectivity index (χ3n) is 3.62. The van der Waals surface area contributed by atoms with Crippen molar-refractivity contribution in [2.75, 3.05) is 26.2 Å². The molecule has 1 N–H and O–H groups in total. The van der Waals surface area contributed by atoms with E-state index in [-0.39, 0.29) is 0 Å². The van der Waals surface area contributed by atoms with Crippen LogP contribution in [-0.2, 0) is 6.54 Å². The molecule has 2 rings (SSSR count). The van der Waals surface area contributed by atoms with Gasteiger partial charge in [-0.2, -0.15) is 13.2 Å². The van der Waals surface area contributed by atoms with E-state index in [1.54, 1.807) is 0 Å². The molecule has 1 atom stereocenters. The summed E-state index contributed by atoms with van der Waals surface area (Å²) >= 11 is 0. The molecule has 0 radical (unpaired) electrons. The summed E-state index contributed by atoms with van der Waals surface area (Å²) in [4.78, 5) is 1.50. The predicted molar refractivity (Wildman–Crippen MR) is 73.5 cm³/mol. The SMILES string of the molecule is Cc1cccc(CNCC2CCN(CC(F)(F)F)C2)c1. The molecule has 1 aliphatic heterocycles. The molecule has 0 aromatic heterocycles. The molecule has 112 valence electrons. The van der Waals surface area contributed by atoms with Gasteiger partial charge < -0.3 is 5.32 Å². The van der Waals surface area contributed by atoms with Crippen LogP contribution >= 0.6 is 0 Å². The Morgan fingerprint density at radius 1 is 1.35 bits per heavy atom. The van der Waals surface area contributed by atoms with Crippen molar-refractivity contribution in [1.82, 2.24) is 10.2 Å². The van der Waals surface area contributed by atoms with Gasteiger partial charge in [-0.05, 0) is 37.9 Å². The number of aryl methyl sites for hydroxylation is 1. The van der Waals surface area contributed by atoms with Gasteiger partial charge in [-0.1, -0.05) is 29.8 Å². The maximum atomic E-state index is 12.3. The first-order valence-corrected chi connectivity index (χ1v) is 6.98. The number of hydrogen-bond donors (Lipinski definition) is 1. The van der Waals surface area contributed by atoms with Crippen molar-refractivity contribution in [3.63, 3.8) is 0 Å². The van der Waals surface area contributed by atoms with E-state index in [0.717, 1.165) is 19.5 Å². The number of hydrogen-bond acceptors (Lipinski definition) is 2. The second kappa shape index (κ2) is 6.59. The number of halogens is 3. The van der Waals surface area contributed by atoms with Gasteiger partial charge in [0, 0.05) is 13.1 Å². The highest BCUT2D eigenvalue weighted by Crippen LogP contribution is 2.22. The average molecular weight is 286 g/mol. The summed E-state index contributed by atoms with van der Waals surface area (Å²) in [5, 5.41) is 3.35. The van der Waals surface area contributed by atoms with Gasteiger partial charge in [0.25, 0.3) is 0 Å². The summed E-state index contributed by atoms with van der Waals surface area (Å²) in [5.41, 5.74) is 2.44. The van der Waals surface area contributed by atoms with Gasteiger partial charge in [0.2, 0.25) is 0 Å². The van der Waals surface area contributed by atoms with Gasteiger partial charge in [0.1, 0.15) is 0 Å². The lowest BCUT2D eigenvalue weighted by atomic mass is 10.1. The van der Waals surface area contributed by atoms with E-state index in [1.165, 1.54) is 16.0 Å². The Morgan fingerprint density at radius 3 is 2.85 bits per heavy atom. The third-order valence-corrected chi connectivity index (χ3v) is 3.62. The molecule has 1 saturated heterocycles. The maximum Gasteiger partial charge on any atom is 0.401 e. The largest absolute Gasteiger partial charge is 0.401 e. The van der Waals surface area contributed by atoms with Crippen LogP contribution in [0.5, 0.6) is 0 Å². The fourth-order valence-corrected chi connectivity index (χ4v) is 2.72. The Kier molecular flexibility index (Phi) is 5.05. The van der Waals surface area contributed by atoms with E-state index in [9.17, 15) is 13.2 Å². The topological polar surface area (TPSA) is 15.3 Å². The van der Waals surface area contributed by atoms with Crippen LogP contribution in [0.15, 0.2) is 24.3 Å². The van der Waals surface area contributed by atoms with Crippen LogP contribution in [0.4, 0.5) is 13.2 Å². The highest BCUT2D eigenvalue weighted by molar-refractivity contribution is 5.21. The van der Waals surface area contributed by atoms with Gasteiger partial charge in [0.05, 0.1) is 6.54 Å². The summed E-state index contributed by atoms with van der Waals surface area (Å²) in [6, 6.07) is 8.25. The Balaban J connectivity index is 1.68. The molecule has 0 aliphatic carbocycles. The van der Waals surface area contributed by atoms with E-state index in [2.05, 4.69) is 30.4 Å². The first-order valence-electron chi connectivity index (χ1n) is 6.98. The first kappa shape index (κ1) is 15.3. The predicted octanol–water partition coefficient (Wildman–Crippen LogP) is 2.97. The molecule has 1 aliphatic rings. The van der Waals surface area contributed by atoms with Crippen LogP contribution in [0.3, 0.4) is 0 Å². The van der Waals surface area contributed by atoms with Gasteiger partial charge in [-0.25, -0.2) is 0 Å². The van der Waals surface area contributed by atoms with Crippen LogP contribution < -0.4 is 5.32 Å². The summed E-state index contributed by atoms with van der Waals surface area (Å²) < 4.78 is 36.9. The smallest absolute Gasteiger partial charge is 0.312 e. The average Bonchev–Trinajstić information content (AvgIpc) is 2.74. The zero-order chi connectivity index (χ0) is 14.6. The van der Waals surface area contributed by atoms with E-state index in [0.29, 0.717) is 19.0 Å². The zero-order valence-electron chi connectivity index (χ0n) is 11.7. The second-order valence-electron chi connectivity index (χ2n) is 5.62. The lowest BCUT2D eigenvalue weighted by Crippen LogP contribution is -2.33. The van der Waals surface area contributed by atoms with E-state index in [4.69, 9.17) is 0 Å². The molecule has 0 saturated carbocycles. The number of likely N-dealkylation sites (tertiary alicyclic amines) is 1. The van der Waals surface area contributed by atoms with E-state index < -0.39 is 12.7 Å². The Hall–Kier alpha value is -1.07. The minimum atomic E-state index is -4.08. The number of nitrogens with one attached hydrogen (secondary N) is 1. The molecule has 0 bridgehead atoms. The number of alkyl halides is 3. The van der Waals surface area contributed by atoms with Crippen LogP contribution in [0.1, 0.15) is 17.5 Å². The molecule has 1 fully saturated rings. The van der Waals surface area contributed by atoms with Gasteiger partial charge >= 0.3 is 6.18 Å². The number of benzene rings is 1. The lowest BCUT2D eigenvalue weighted by Gasteiger charge is -2.18. The zero-order valence-corrected chi connectivity index (χ0v) is 11.7. The van der Waals surface area contributed by atoms with Gasteiger partial charge in [0.15, 0.2) is 0 Å². The molecular formula is C15H21F3N2. The Bertz CT molecular complexity index is 431. The Labute approximate surface area is 118 Å². The molecule has 1 aromatic carbocycles. The molecule has 0 spiro atoms. The highest BCUT2D eigenvalue weighted by Gasteiger charge is 2.34. The van der Waals surface area contributed by atoms with Crippen molar-refractivity contribution in [2.45, 2.75) is 26.1 Å². The van der Waals surface area contributed by atoms with Crippen molar-refractivity contribution in [3.8, 4) is 0 Å². The van der Waals surface area contributed by atoms with Crippen LogP contribution in [0, 0.1) is 12.8 Å². The molecule has 5 heteroatoms. The number of rotatable bonds is 5. The monoisotopic (exact) mass is 286 g/mol. The second-order valence-corrected chi connectivity index (χ2v) is 5.62. The minimum Gasteiger partial charge on any atom is -0.312 e. The van der Waals surface area contributed by atoms with Gasteiger partial charge in [-0.3, -0.25) is 4.90 Å². The molecule has 1 aromatic rings. The quantitative estimate of drug-likeness (QED) is 0.895. The minimum absolute atomic E-state index is 0.321. The Morgan fingerprint density at radius 2 is 2.15 bits per heavy atom. The van der Waals surface area contributed by atoms with E-state index in [1.807, 2.05) is 6.07 Å². The van der Waals surface area contributed by atoms with Crippen molar-refractivity contribution in [3.05, 3.63) is 35.4 Å². The molecule has 2 nitrogen and oxygen atoms in total. The van der Waals surface area contributed by atoms with Crippen molar-refractivity contribution in [1.29, 1.82) is 0 Å². The summed E-state index contributed by atoms with van der Waals surface area (Å²) in [6.45, 7) is 3.92. The molecule has 0 amide bonds. The summed E-state index contributed by atoms with van der Waals surface area (Å²) in [7, 11) is 0. The standard InChI is InChI=1S/C15H21F3N2/c1-12-3-2-4-13(7-12)8-19-9-14-5-6-20(10-14)11-15(16,17)18/h2-4,7,14,19H,5-6,8-11H2,1H3. The van der Waals surface area contributed by atoms with Crippen LogP contribution in [0.2, 0.25) is 0 Å². The third kappa shape index (κ3) is 5.13. The van der Waals surface area contributed by atoms with Crippen molar-refractivity contribution >= 4 is 0 Å². The molecule has 1 heterocycles.